The van der Waals surface area contributed by atoms with Crippen molar-refractivity contribution in [3.8, 4) is 5.75 Å². The van der Waals surface area contributed by atoms with Gasteiger partial charge in [-0.25, -0.2) is 4.39 Å². The van der Waals surface area contributed by atoms with Crippen LogP contribution in [0.15, 0.2) is 53.0 Å². The zero-order valence-corrected chi connectivity index (χ0v) is 15.8. The summed E-state index contributed by atoms with van der Waals surface area (Å²) >= 11 is 3.14. The summed E-state index contributed by atoms with van der Waals surface area (Å²) in [6.45, 7) is 1.52. The highest BCUT2D eigenvalue weighted by molar-refractivity contribution is 9.10. The number of amides is 2. The molecule has 1 unspecified atom stereocenters. The Labute approximate surface area is 159 Å². The van der Waals surface area contributed by atoms with E-state index in [0.717, 1.165) is 11.3 Å². The van der Waals surface area contributed by atoms with Crippen LogP contribution in [0.2, 0.25) is 0 Å². The van der Waals surface area contributed by atoms with Gasteiger partial charge in [-0.1, -0.05) is 28.1 Å². The molecule has 2 aromatic rings. The van der Waals surface area contributed by atoms with E-state index in [1.54, 1.807) is 43.5 Å². The lowest BCUT2D eigenvalue weighted by Gasteiger charge is -2.13. The molecule has 0 heterocycles. The normalized spacial score (nSPS) is 11.8. The van der Waals surface area contributed by atoms with Gasteiger partial charge in [0.05, 0.1) is 12.8 Å². The van der Waals surface area contributed by atoms with Crippen LogP contribution in [0.1, 0.15) is 12.5 Å². The fourth-order valence-electron chi connectivity index (χ4n) is 2.05. The zero-order chi connectivity index (χ0) is 19.1. The van der Waals surface area contributed by atoms with Crippen LogP contribution < -0.4 is 15.4 Å². The van der Waals surface area contributed by atoms with Crippen LogP contribution in [0.3, 0.4) is 0 Å². The van der Waals surface area contributed by atoms with Crippen molar-refractivity contribution in [2.24, 2.45) is 0 Å². The Morgan fingerprint density at radius 2 is 1.88 bits per heavy atom. The van der Waals surface area contributed by atoms with Crippen molar-refractivity contribution in [1.82, 2.24) is 5.32 Å². The monoisotopic (exact) mass is 420 g/mol. The van der Waals surface area contributed by atoms with E-state index in [4.69, 9.17) is 4.74 Å². The van der Waals surface area contributed by atoms with Gasteiger partial charge in [-0.2, -0.15) is 0 Å². The van der Waals surface area contributed by atoms with E-state index in [2.05, 4.69) is 26.6 Å². The number of carbonyl (C=O) groups excluding carboxylic acids is 2. The smallest absolute Gasteiger partial charge is 0.246 e. The molecule has 0 bridgehead atoms. The van der Waals surface area contributed by atoms with Crippen molar-refractivity contribution in [2.75, 3.05) is 12.4 Å². The van der Waals surface area contributed by atoms with Gasteiger partial charge in [0.1, 0.15) is 17.6 Å². The molecule has 0 radical (unpaired) electrons. The van der Waals surface area contributed by atoms with E-state index >= 15 is 0 Å². The van der Waals surface area contributed by atoms with E-state index in [1.165, 1.54) is 25.1 Å². The molecule has 0 aromatic heterocycles. The van der Waals surface area contributed by atoms with Crippen molar-refractivity contribution in [3.05, 3.63) is 64.4 Å². The number of hydrogen-bond acceptors (Lipinski definition) is 3. The molecule has 1 atom stereocenters. The third-order valence-corrected chi connectivity index (χ3v) is 3.98. The maximum Gasteiger partial charge on any atom is 0.246 e. The number of ether oxygens (including phenoxy) is 1. The predicted molar refractivity (Wildman–Crippen MR) is 102 cm³/mol. The molecule has 136 valence electrons. The second kappa shape index (κ2) is 9.15. The van der Waals surface area contributed by atoms with Crippen LogP contribution >= 0.6 is 15.9 Å². The molecule has 0 spiro atoms. The molecule has 2 aromatic carbocycles. The van der Waals surface area contributed by atoms with Crippen LogP contribution in [-0.4, -0.2) is 25.0 Å². The number of rotatable bonds is 6. The predicted octanol–water partition coefficient (Wildman–Crippen LogP) is 3.75. The fraction of sp³-hybridized carbons (Fsp3) is 0.158. The minimum atomic E-state index is -0.828. The first-order chi connectivity index (χ1) is 12.4. The lowest BCUT2D eigenvalue weighted by atomic mass is 10.2. The maximum absolute atomic E-state index is 13.7. The first-order valence-electron chi connectivity index (χ1n) is 7.77. The Morgan fingerprint density at radius 1 is 1.19 bits per heavy atom. The molecule has 2 N–H and O–H groups in total. The summed E-state index contributed by atoms with van der Waals surface area (Å²) in [5, 5.41) is 4.97. The average molecular weight is 421 g/mol. The standard InChI is InChI=1S/C19H18BrFN2O3/c1-12(19(25)23-17-9-6-14(20)11-16(17)21)22-18(24)10-5-13-3-7-15(26-2)8-4-13/h3-12H,1-2H3,(H,22,24)(H,23,25)/b10-5+. The molecule has 0 aliphatic heterocycles. The topological polar surface area (TPSA) is 67.4 Å². The molecular weight excluding hydrogens is 403 g/mol. The van der Waals surface area contributed by atoms with Crippen LogP contribution in [0.25, 0.3) is 6.08 Å². The molecule has 0 aliphatic carbocycles. The Morgan fingerprint density at radius 3 is 2.50 bits per heavy atom. The first kappa shape index (κ1) is 19.7. The van der Waals surface area contributed by atoms with E-state index in [0.29, 0.717) is 4.47 Å². The van der Waals surface area contributed by atoms with E-state index < -0.39 is 23.7 Å². The maximum atomic E-state index is 13.7. The van der Waals surface area contributed by atoms with Gasteiger partial charge in [0.15, 0.2) is 0 Å². The fourth-order valence-corrected chi connectivity index (χ4v) is 2.38. The molecule has 5 nitrogen and oxygen atoms in total. The molecule has 2 amide bonds. The van der Waals surface area contributed by atoms with Gasteiger partial charge in [0.25, 0.3) is 0 Å². The number of benzene rings is 2. The van der Waals surface area contributed by atoms with Crippen molar-refractivity contribution in [3.63, 3.8) is 0 Å². The van der Waals surface area contributed by atoms with Crippen LogP contribution in [-0.2, 0) is 9.59 Å². The minimum absolute atomic E-state index is 0.0491. The molecule has 0 fully saturated rings. The highest BCUT2D eigenvalue weighted by Crippen LogP contribution is 2.19. The highest BCUT2D eigenvalue weighted by atomic mass is 79.9. The summed E-state index contributed by atoms with van der Waals surface area (Å²) in [7, 11) is 1.57. The Bertz CT molecular complexity index is 822. The quantitative estimate of drug-likeness (QED) is 0.699. The van der Waals surface area contributed by atoms with Gasteiger partial charge in [-0.05, 0) is 48.9 Å². The summed E-state index contributed by atoms with van der Waals surface area (Å²) in [5.74, 6) is -0.792. The largest absolute Gasteiger partial charge is 0.497 e. The van der Waals surface area contributed by atoms with Gasteiger partial charge in [-0.3, -0.25) is 9.59 Å². The zero-order valence-electron chi connectivity index (χ0n) is 14.3. The third-order valence-electron chi connectivity index (χ3n) is 3.48. The van der Waals surface area contributed by atoms with E-state index in [9.17, 15) is 14.0 Å². The van der Waals surface area contributed by atoms with Crippen molar-refractivity contribution in [2.45, 2.75) is 13.0 Å². The molecule has 0 aliphatic rings. The number of methoxy groups -OCH3 is 1. The van der Waals surface area contributed by atoms with Crippen molar-refractivity contribution in [1.29, 1.82) is 0 Å². The second-order valence-corrected chi connectivity index (χ2v) is 6.37. The van der Waals surface area contributed by atoms with Gasteiger partial charge in [-0.15, -0.1) is 0 Å². The van der Waals surface area contributed by atoms with Gasteiger partial charge >= 0.3 is 0 Å². The summed E-state index contributed by atoms with van der Waals surface area (Å²) in [6.07, 6.45) is 2.94. The number of anilines is 1. The minimum Gasteiger partial charge on any atom is -0.497 e. The summed E-state index contributed by atoms with van der Waals surface area (Å²) in [6, 6.07) is 10.6. The number of halogens is 2. The Kier molecular flexibility index (Phi) is 6.91. The molecule has 0 saturated heterocycles. The Hall–Kier alpha value is -2.67. The number of nitrogens with one attached hydrogen (secondary N) is 2. The molecule has 0 saturated carbocycles. The van der Waals surface area contributed by atoms with E-state index in [-0.39, 0.29) is 5.69 Å². The van der Waals surface area contributed by atoms with E-state index in [1.807, 2.05) is 0 Å². The average Bonchev–Trinajstić information content (AvgIpc) is 2.62. The van der Waals surface area contributed by atoms with Gasteiger partial charge in [0, 0.05) is 10.5 Å². The number of hydrogen-bond donors (Lipinski definition) is 2. The van der Waals surface area contributed by atoms with Crippen LogP contribution in [0, 0.1) is 5.82 Å². The van der Waals surface area contributed by atoms with Gasteiger partial charge < -0.3 is 15.4 Å². The summed E-state index contributed by atoms with van der Waals surface area (Å²) < 4.78 is 19.4. The lowest BCUT2D eigenvalue weighted by Crippen LogP contribution is -2.41. The Balaban J connectivity index is 1.90. The summed E-state index contributed by atoms with van der Waals surface area (Å²) in [4.78, 5) is 24.0. The van der Waals surface area contributed by atoms with Crippen molar-refractivity contribution < 1.29 is 18.7 Å². The SMILES string of the molecule is COc1ccc(/C=C/C(=O)NC(C)C(=O)Nc2ccc(Br)cc2F)cc1. The second-order valence-electron chi connectivity index (χ2n) is 5.45. The molecule has 2 rings (SSSR count). The van der Waals surface area contributed by atoms with Crippen LogP contribution in [0.5, 0.6) is 5.75 Å². The molecule has 26 heavy (non-hydrogen) atoms. The lowest BCUT2D eigenvalue weighted by molar-refractivity contribution is -0.123. The third kappa shape index (κ3) is 5.70. The molecular formula is C19H18BrFN2O3. The number of carbonyl (C=O) groups is 2. The first-order valence-corrected chi connectivity index (χ1v) is 8.57. The molecule has 7 heteroatoms. The highest BCUT2D eigenvalue weighted by Gasteiger charge is 2.16. The van der Waals surface area contributed by atoms with Gasteiger partial charge in [0.2, 0.25) is 11.8 Å². The van der Waals surface area contributed by atoms with Crippen LogP contribution in [0.4, 0.5) is 10.1 Å². The van der Waals surface area contributed by atoms with Crippen molar-refractivity contribution >= 4 is 39.5 Å². The summed E-state index contributed by atoms with van der Waals surface area (Å²) in [5.41, 5.74) is 0.864.